The summed E-state index contributed by atoms with van der Waals surface area (Å²) in [4.78, 5) is 12.8. The number of hydrogen-bond donors (Lipinski definition) is 3. The predicted octanol–water partition coefficient (Wildman–Crippen LogP) is 2.04. The summed E-state index contributed by atoms with van der Waals surface area (Å²) in [5.41, 5.74) is 0.132. The van der Waals surface area contributed by atoms with E-state index in [4.69, 9.17) is 22.0 Å². The zero-order valence-electron chi connectivity index (χ0n) is 10.3. The maximum Gasteiger partial charge on any atom is 0.352 e. The van der Waals surface area contributed by atoms with Gasteiger partial charge in [-0.15, -0.1) is 0 Å². The molecule has 0 aliphatic heterocycles. The van der Waals surface area contributed by atoms with Crippen molar-refractivity contribution in [3.63, 3.8) is 0 Å². The summed E-state index contributed by atoms with van der Waals surface area (Å²) >= 11 is 5.88. The van der Waals surface area contributed by atoms with Gasteiger partial charge in [0.2, 0.25) is 0 Å². The van der Waals surface area contributed by atoms with Crippen LogP contribution < -0.4 is 4.72 Å². The Morgan fingerprint density at radius 3 is 2.62 bits per heavy atom. The van der Waals surface area contributed by atoms with E-state index in [0.29, 0.717) is 0 Å². The number of hydrogen-bond acceptors (Lipinski definition) is 4. The molecule has 2 rings (SSSR count). The number of aromatic nitrogens is 1. The van der Waals surface area contributed by atoms with E-state index < -0.39 is 16.0 Å². The zero-order chi connectivity index (χ0) is 15.6. The van der Waals surface area contributed by atoms with Crippen molar-refractivity contribution in [1.82, 2.24) is 4.98 Å². The molecule has 0 atom stereocenters. The Kier molecular flexibility index (Phi) is 3.88. The second kappa shape index (κ2) is 5.47. The van der Waals surface area contributed by atoms with E-state index in [9.17, 15) is 13.2 Å². The highest BCUT2D eigenvalue weighted by molar-refractivity contribution is 7.92. The average Bonchev–Trinajstić information content (AvgIpc) is 2.91. The number of carboxylic acid groups (broad SMARTS) is 1. The van der Waals surface area contributed by atoms with Crippen LogP contribution in [0.15, 0.2) is 35.4 Å². The number of nitrogens with one attached hydrogen (secondary N) is 2. The number of carboxylic acids is 1. The Balaban J connectivity index is 2.33. The first-order valence-electron chi connectivity index (χ1n) is 5.47. The Labute approximate surface area is 124 Å². The lowest BCUT2D eigenvalue weighted by molar-refractivity contribution is 0.0691. The van der Waals surface area contributed by atoms with Gasteiger partial charge in [0.25, 0.3) is 10.0 Å². The third-order valence-corrected chi connectivity index (χ3v) is 4.20. The van der Waals surface area contributed by atoms with Gasteiger partial charge in [-0.05, 0) is 24.3 Å². The summed E-state index contributed by atoms with van der Waals surface area (Å²) in [6.45, 7) is 0. The number of benzene rings is 1. The van der Waals surface area contributed by atoms with Crippen LogP contribution in [0.4, 0.5) is 5.69 Å². The molecular weight excluding hydrogens is 318 g/mol. The van der Waals surface area contributed by atoms with Gasteiger partial charge in [-0.1, -0.05) is 11.6 Å². The predicted molar refractivity (Wildman–Crippen MR) is 74.7 cm³/mol. The quantitative estimate of drug-likeness (QED) is 0.793. The van der Waals surface area contributed by atoms with Crippen molar-refractivity contribution in [3.8, 4) is 6.07 Å². The smallest absolute Gasteiger partial charge is 0.352 e. The van der Waals surface area contributed by atoms with Crippen molar-refractivity contribution in [3.05, 3.63) is 46.7 Å². The van der Waals surface area contributed by atoms with Gasteiger partial charge in [-0.2, -0.15) is 5.26 Å². The molecule has 0 fully saturated rings. The fraction of sp³-hybridized carbons (Fsp3) is 0. The number of H-pyrrole nitrogens is 1. The molecule has 0 saturated heterocycles. The number of nitrogens with zero attached hydrogens (tertiary/aromatic N) is 1. The second-order valence-electron chi connectivity index (χ2n) is 3.97. The first-order valence-corrected chi connectivity index (χ1v) is 7.34. The first-order chi connectivity index (χ1) is 9.83. The van der Waals surface area contributed by atoms with E-state index in [1.54, 1.807) is 0 Å². The maximum absolute atomic E-state index is 12.1. The number of anilines is 1. The number of halogens is 1. The van der Waals surface area contributed by atoms with Crippen molar-refractivity contribution >= 4 is 33.3 Å². The lowest BCUT2D eigenvalue weighted by Gasteiger charge is -2.08. The SMILES string of the molecule is N#Cc1ccc(NS(=O)(=O)c2c[nH]c(C(=O)O)c2)c(Cl)c1. The summed E-state index contributed by atoms with van der Waals surface area (Å²) in [7, 11) is -3.98. The summed E-state index contributed by atoms with van der Waals surface area (Å²) in [5, 5.41) is 17.5. The highest BCUT2D eigenvalue weighted by atomic mass is 35.5. The number of carbonyl (C=O) groups is 1. The summed E-state index contributed by atoms with van der Waals surface area (Å²) < 4.78 is 26.4. The monoisotopic (exact) mass is 325 g/mol. The van der Waals surface area contributed by atoms with Crippen molar-refractivity contribution in [2.75, 3.05) is 4.72 Å². The third kappa shape index (κ3) is 3.16. The molecule has 2 aromatic rings. The highest BCUT2D eigenvalue weighted by Gasteiger charge is 2.19. The van der Waals surface area contributed by atoms with Crippen LogP contribution in [0.3, 0.4) is 0 Å². The average molecular weight is 326 g/mol. The molecule has 9 heteroatoms. The van der Waals surface area contributed by atoms with E-state index in [-0.39, 0.29) is 26.9 Å². The Bertz CT molecular complexity index is 852. The van der Waals surface area contributed by atoms with Crippen LogP contribution in [0.2, 0.25) is 5.02 Å². The molecule has 0 spiro atoms. The molecule has 0 aliphatic carbocycles. The molecule has 0 unspecified atom stereocenters. The number of rotatable bonds is 4. The van der Waals surface area contributed by atoms with E-state index in [1.165, 1.54) is 18.2 Å². The molecule has 21 heavy (non-hydrogen) atoms. The van der Waals surface area contributed by atoms with E-state index in [1.807, 2.05) is 6.07 Å². The Hall–Kier alpha value is -2.50. The minimum Gasteiger partial charge on any atom is -0.477 e. The maximum atomic E-state index is 12.1. The molecule has 1 aromatic carbocycles. The van der Waals surface area contributed by atoms with E-state index in [0.717, 1.165) is 12.3 Å². The van der Waals surface area contributed by atoms with Crippen molar-refractivity contribution < 1.29 is 18.3 Å². The minimum absolute atomic E-state index is 0.0617. The van der Waals surface area contributed by atoms with Crippen LogP contribution in [0.25, 0.3) is 0 Å². The molecule has 1 heterocycles. The van der Waals surface area contributed by atoms with Crippen molar-refractivity contribution in [2.24, 2.45) is 0 Å². The van der Waals surface area contributed by atoms with Gasteiger partial charge >= 0.3 is 5.97 Å². The van der Waals surface area contributed by atoms with Crippen molar-refractivity contribution in [2.45, 2.75) is 4.90 Å². The normalized spacial score (nSPS) is 10.9. The Morgan fingerprint density at radius 1 is 1.38 bits per heavy atom. The standard InChI is InChI=1S/C12H8ClN3O4S/c13-9-3-7(5-14)1-2-10(9)16-21(19,20)8-4-11(12(17)18)15-6-8/h1-4,6,15-16H,(H,17,18). The van der Waals surface area contributed by atoms with Gasteiger partial charge in [0.1, 0.15) is 10.6 Å². The molecule has 0 bridgehead atoms. The molecule has 0 saturated carbocycles. The molecule has 108 valence electrons. The largest absolute Gasteiger partial charge is 0.477 e. The minimum atomic E-state index is -3.98. The summed E-state index contributed by atoms with van der Waals surface area (Å²) in [6.07, 6.45) is 1.06. The Morgan fingerprint density at radius 2 is 2.10 bits per heavy atom. The molecule has 0 amide bonds. The first kappa shape index (κ1) is 14.9. The van der Waals surface area contributed by atoms with Crippen LogP contribution >= 0.6 is 11.6 Å². The van der Waals surface area contributed by atoms with Crippen LogP contribution in [0.5, 0.6) is 0 Å². The molecule has 7 nitrogen and oxygen atoms in total. The molecule has 0 aliphatic rings. The van der Waals surface area contributed by atoms with Crippen LogP contribution in [0.1, 0.15) is 16.1 Å². The number of nitriles is 1. The molecule has 0 radical (unpaired) electrons. The summed E-state index contributed by atoms with van der Waals surface area (Å²) in [5.74, 6) is -1.27. The number of aromatic carboxylic acids is 1. The van der Waals surface area contributed by atoms with Gasteiger partial charge in [-0.3, -0.25) is 4.72 Å². The van der Waals surface area contributed by atoms with Crippen LogP contribution in [0, 0.1) is 11.3 Å². The highest BCUT2D eigenvalue weighted by Crippen LogP contribution is 2.25. The van der Waals surface area contributed by atoms with Gasteiger partial charge in [-0.25, -0.2) is 13.2 Å². The molecule has 3 N–H and O–H groups in total. The number of sulfonamides is 1. The van der Waals surface area contributed by atoms with Gasteiger partial charge in [0, 0.05) is 6.20 Å². The fourth-order valence-electron chi connectivity index (χ4n) is 1.52. The zero-order valence-corrected chi connectivity index (χ0v) is 11.9. The van der Waals surface area contributed by atoms with Gasteiger partial charge in [0.15, 0.2) is 0 Å². The van der Waals surface area contributed by atoms with Gasteiger partial charge in [0.05, 0.1) is 22.3 Å². The summed E-state index contributed by atoms with van der Waals surface area (Å²) in [6, 6.07) is 6.94. The molecule has 1 aromatic heterocycles. The topological polar surface area (TPSA) is 123 Å². The lowest BCUT2D eigenvalue weighted by Crippen LogP contribution is -2.12. The van der Waals surface area contributed by atoms with Crippen LogP contribution in [-0.2, 0) is 10.0 Å². The van der Waals surface area contributed by atoms with E-state index >= 15 is 0 Å². The fourth-order valence-corrected chi connectivity index (χ4v) is 2.88. The van der Waals surface area contributed by atoms with E-state index in [2.05, 4.69) is 9.71 Å². The third-order valence-electron chi connectivity index (χ3n) is 2.54. The lowest BCUT2D eigenvalue weighted by atomic mass is 10.2. The van der Waals surface area contributed by atoms with Crippen molar-refractivity contribution in [1.29, 1.82) is 5.26 Å². The molecular formula is C12H8ClN3O4S. The van der Waals surface area contributed by atoms with Gasteiger partial charge < -0.3 is 10.1 Å². The number of aromatic amines is 1. The second-order valence-corrected chi connectivity index (χ2v) is 6.06. The van der Waals surface area contributed by atoms with Crippen LogP contribution in [-0.4, -0.2) is 24.5 Å².